The predicted molar refractivity (Wildman–Crippen MR) is 73.9 cm³/mol. The highest BCUT2D eigenvalue weighted by molar-refractivity contribution is 5.80. The van der Waals surface area contributed by atoms with Crippen LogP contribution in [-0.4, -0.2) is 25.7 Å². The summed E-state index contributed by atoms with van der Waals surface area (Å²) in [6.45, 7) is 6.77. The number of hydrogen-bond acceptors (Lipinski definition) is 4. The second kappa shape index (κ2) is 6.69. The first-order valence-electron chi connectivity index (χ1n) is 6.24. The number of benzene rings is 1. The lowest BCUT2D eigenvalue weighted by molar-refractivity contribution is 0.358. The minimum Gasteiger partial charge on any atom is -0.489 e. The summed E-state index contributed by atoms with van der Waals surface area (Å²) in [6.07, 6.45) is 2.85. The number of rotatable bonds is 5. The van der Waals surface area contributed by atoms with Crippen molar-refractivity contribution in [1.29, 1.82) is 0 Å². The average Bonchev–Trinajstić information content (AvgIpc) is 2.45. The first-order chi connectivity index (χ1) is 8.90. The molecule has 4 heteroatoms. The lowest BCUT2D eigenvalue weighted by atomic mass is 10.2. The van der Waals surface area contributed by atoms with Crippen LogP contribution in [0.5, 0.6) is 5.75 Å². The molecule has 1 aromatic rings. The highest BCUT2D eigenvalue weighted by atomic mass is 16.5. The van der Waals surface area contributed by atoms with Gasteiger partial charge in [-0.1, -0.05) is 30.9 Å². The second-order valence-electron chi connectivity index (χ2n) is 4.07. The molecule has 0 unspecified atom stereocenters. The minimum atomic E-state index is 0.524. The van der Waals surface area contributed by atoms with Crippen molar-refractivity contribution >= 4 is 5.96 Å². The standard InChI is InChI=1S/C14H19N3O/c1-2-10-18-13-7-4-3-6-12(13)11-17-14-15-8-5-9-16-14/h2-4,6-7H,1,5,8-11H2,(H2,15,16,17). The maximum atomic E-state index is 5.61. The lowest BCUT2D eigenvalue weighted by Gasteiger charge is -2.17. The fourth-order valence-electron chi connectivity index (χ4n) is 1.77. The van der Waals surface area contributed by atoms with Crippen molar-refractivity contribution in [2.45, 2.75) is 13.0 Å². The molecule has 18 heavy (non-hydrogen) atoms. The third-order valence-corrected chi connectivity index (χ3v) is 2.67. The lowest BCUT2D eigenvalue weighted by Crippen LogP contribution is -2.40. The molecule has 1 aliphatic heterocycles. The maximum absolute atomic E-state index is 5.61. The number of para-hydroxylation sites is 1. The summed E-state index contributed by atoms with van der Waals surface area (Å²) < 4.78 is 5.61. The molecular weight excluding hydrogens is 226 g/mol. The fraction of sp³-hybridized carbons (Fsp3) is 0.357. The molecule has 0 saturated carbocycles. The molecule has 0 radical (unpaired) electrons. The molecule has 0 saturated heterocycles. The molecule has 1 aromatic carbocycles. The van der Waals surface area contributed by atoms with E-state index in [4.69, 9.17) is 4.74 Å². The molecule has 1 aliphatic rings. The second-order valence-corrected chi connectivity index (χ2v) is 4.07. The number of ether oxygens (including phenoxy) is 1. The van der Waals surface area contributed by atoms with E-state index < -0.39 is 0 Å². The third-order valence-electron chi connectivity index (χ3n) is 2.67. The van der Waals surface area contributed by atoms with Gasteiger partial charge >= 0.3 is 0 Å². The van der Waals surface area contributed by atoms with Crippen LogP contribution in [-0.2, 0) is 6.54 Å². The Morgan fingerprint density at radius 3 is 3.11 bits per heavy atom. The Balaban J connectivity index is 1.95. The van der Waals surface area contributed by atoms with Gasteiger partial charge in [0, 0.05) is 25.2 Å². The van der Waals surface area contributed by atoms with Crippen LogP contribution in [0.15, 0.2) is 41.9 Å². The Bertz CT molecular complexity index is 429. The van der Waals surface area contributed by atoms with Crippen LogP contribution in [0, 0.1) is 0 Å². The van der Waals surface area contributed by atoms with E-state index in [-0.39, 0.29) is 0 Å². The normalized spacial score (nSPS) is 14.3. The molecule has 2 rings (SSSR count). The molecule has 0 aliphatic carbocycles. The summed E-state index contributed by atoms with van der Waals surface area (Å²) >= 11 is 0. The molecule has 96 valence electrons. The van der Waals surface area contributed by atoms with Gasteiger partial charge in [0.2, 0.25) is 0 Å². The van der Waals surface area contributed by atoms with Crippen LogP contribution in [0.2, 0.25) is 0 Å². The summed E-state index contributed by atoms with van der Waals surface area (Å²) in [5.41, 5.74) is 1.12. The smallest absolute Gasteiger partial charge is 0.191 e. The zero-order valence-corrected chi connectivity index (χ0v) is 10.5. The SMILES string of the molecule is C=CCOc1ccccc1CNC1=NCCCN1. The molecule has 0 bridgehead atoms. The minimum absolute atomic E-state index is 0.524. The van der Waals surface area contributed by atoms with Crippen LogP contribution >= 0.6 is 0 Å². The topological polar surface area (TPSA) is 45.6 Å². The van der Waals surface area contributed by atoms with Gasteiger partial charge in [0.25, 0.3) is 0 Å². The van der Waals surface area contributed by atoms with Gasteiger partial charge in [0.05, 0.1) is 0 Å². The van der Waals surface area contributed by atoms with Crippen LogP contribution in [0.4, 0.5) is 0 Å². The van der Waals surface area contributed by atoms with Crippen molar-refractivity contribution < 1.29 is 4.74 Å². The summed E-state index contributed by atoms with van der Waals surface area (Å²) in [7, 11) is 0. The largest absolute Gasteiger partial charge is 0.489 e. The Morgan fingerprint density at radius 1 is 1.44 bits per heavy atom. The third kappa shape index (κ3) is 3.52. The quantitative estimate of drug-likeness (QED) is 0.776. The van der Waals surface area contributed by atoms with Crippen molar-refractivity contribution in [2.24, 2.45) is 4.99 Å². The van der Waals surface area contributed by atoms with Gasteiger partial charge in [0.15, 0.2) is 5.96 Å². The predicted octanol–water partition coefficient (Wildman–Crippen LogP) is 1.69. The van der Waals surface area contributed by atoms with Crippen molar-refractivity contribution in [3.05, 3.63) is 42.5 Å². The van der Waals surface area contributed by atoms with Crippen LogP contribution in [0.25, 0.3) is 0 Å². The summed E-state index contributed by atoms with van der Waals surface area (Å²) in [6, 6.07) is 8.00. The molecule has 0 fully saturated rings. The van der Waals surface area contributed by atoms with Crippen LogP contribution < -0.4 is 15.4 Å². The zero-order valence-electron chi connectivity index (χ0n) is 10.5. The van der Waals surface area contributed by atoms with Crippen molar-refractivity contribution in [3.8, 4) is 5.75 Å². The average molecular weight is 245 g/mol. The van der Waals surface area contributed by atoms with Crippen molar-refractivity contribution in [3.63, 3.8) is 0 Å². The Kier molecular flexibility index (Phi) is 4.64. The molecular formula is C14H19N3O. The molecule has 0 atom stereocenters. The van der Waals surface area contributed by atoms with Gasteiger partial charge in [-0.05, 0) is 12.5 Å². The number of hydrogen-bond donors (Lipinski definition) is 2. The first-order valence-corrected chi connectivity index (χ1v) is 6.24. The van der Waals surface area contributed by atoms with E-state index >= 15 is 0 Å². The highest BCUT2D eigenvalue weighted by Gasteiger charge is 2.06. The van der Waals surface area contributed by atoms with Gasteiger partial charge < -0.3 is 15.4 Å². The Hall–Kier alpha value is -1.97. The molecule has 0 aromatic heterocycles. The van der Waals surface area contributed by atoms with Crippen molar-refractivity contribution in [1.82, 2.24) is 10.6 Å². The number of guanidine groups is 1. The maximum Gasteiger partial charge on any atom is 0.191 e. The summed E-state index contributed by atoms with van der Waals surface area (Å²) in [5, 5.41) is 6.52. The monoisotopic (exact) mass is 245 g/mol. The number of nitrogens with zero attached hydrogens (tertiary/aromatic N) is 1. The van der Waals surface area contributed by atoms with Crippen molar-refractivity contribution in [2.75, 3.05) is 19.7 Å². The first kappa shape index (κ1) is 12.5. The van der Waals surface area contributed by atoms with Gasteiger partial charge in [-0.3, -0.25) is 4.99 Å². The van der Waals surface area contributed by atoms with E-state index in [1.165, 1.54) is 0 Å². The van der Waals surface area contributed by atoms with Crippen LogP contribution in [0.3, 0.4) is 0 Å². The molecule has 0 spiro atoms. The molecule has 2 N–H and O–H groups in total. The highest BCUT2D eigenvalue weighted by Crippen LogP contribution is 2.17. The number of nitrogens with one attached hydrogen (secondary N) is 2. The van der Waals surface area contributed by atoms with Gasteiger partial charge in [-0.2, -0.15) is 0 Å². The summed E-state index contributed by atoms with van der Waals surface area (Å²) in [4.78, 5) is 4.37. The van der Waals surface area contributed by atoms with E-state index in [0.717, 1.165) is 36.8 Å². The van der Waals surface area contributed by atoms with E-state index in [2.05, 4.69) is 28.3 Å². The molecule has 1 heterocycles. The molecule has 0 amide bonds. The van der Waals surface area contributed by atoms with Crippen LogP contribution in [0.1, 0.15) is 12.0 Å². The fourth-order valence-corrected chi connectivity index (χ4v) is 1.77. The summed E-state index contributed by atoms with van der Waals surface area (Å²) in [5.74, 6) is 1.76. The number of aliphatic imine (C=N–C) groups is 1. The van der Waals surface area contributed by atoms with E-state index in [0.29, 0.717) is 13.2 Å². The Morgan fingerprint density at radius 2 is 2.33 bits per heavy atom. The van der Waals surface area contributed by atoms with Gasteiger partial charge in [0.1, 0.15) is 12.4 Å². The van der Waals surface area contributed by atoms with E-state index in [1.807, 2.05) is 18.2 Å². The zero-order chi connectivity index (χ0) is 12.6. The Labute approximate surface area is 108 Å². The van der Waals surface area contributed by atoms with E-state index in [1.54, 1.807) is 6.08 Å². The van der Waals surface area contributed by atoms with Gasteiger partial charge in [-0.15, -0.1) is 0 Å². The molecule has 4 nitrogen and oxygen atoms in total. The van der Waals surface area contributed by atoms with Gasteiger partial charge in [-0.25, -0.2) is 0 Å². The van der Waals surface area contributed by atoms with E-state index in [9.17, 15) is 0 Å².